The Hall–Kier alpha value is -2.60. The smallest absolute Gasteiger partial charge is 0.335 e. The van der Waals surface area contributed by atoms with E-state index in [4.69, 9.17) is 16.7 Å². The number of halogens is 1. The number of carbonyl (C=O) groups is 2. The summed E-state index contributed by atoms with van der Waals surface area (Å²) >= 11 is 5.96. The second kappa shape index (κ2) is 6.23. The number of nitrogens with one attached hydrogen (secondary N) is 2. The van der Waals surface area contributed by atoms with E-state index in [9.17, 15) is 9.59 Å². The van der Waals surface area contributed by atoms with Crippen molar-refractivity contribution < 1.29 is 14.7 Å². The van der Waals surface area contributed by atoms with Crippen LogP contribution in [0.5, 0.6) is 0 Å². The first kappa shape index (κ1) is 14.8. The molecule has 1 heterocycles. The van der Waals surface area contributed by atoms with Crippen LogP contribution in [0.15, 0.2) is 36.5 Å². The minimum Gasteiger partial charge on any atom is -0.478 e. The number of urea groups is 1. The average molecular weight is 306 g/mol. The molecule has 6 nitrogen and oxygen atoms in total. The monoisotopic (exact) mass is 305 g/mol. The first-order valence-corrected chi connectivity index (χ1v) is 6.37. The molecule has 0 fully saturated rings. The van der Waals surface area contributed by atoms with Gasteiger partial charge in [0.05, 0.1) is 5.56 Å². The normalized spacial score (nSPS) is 10.0. The van der Waals surface area contributed by atoms with Gasteiger partial charge in [-0.05, 0) is 36.8 Å². The standard InChI is InChI=1S/C14H12ClN3O3/c1-8-2-3-10(7-11(8)15)17-14(21)18-12-6-9(13(19)20)4-5-16-12/h2-7H,1H3,(H,19,20)(H2,16,17,18,21). The highest BCUT2D eigenvalue weighted by molar-refractivity contribution is 6.31. The highest BCUT2D eigenvalue weighted by Gasteiger charge is 2.08. The first-order chi connectivity index (χ1) is 9.95. The van der Waals surface area contributed by atoms with E-state index in [2.05, 4.69) is 15.6 Å². The predicted molar refractivity (Wildman–Crippen MR) is 80.0 cm³/mol. The van der Waals surface area contributed by atoms with Gasteiger partial charge in [0.1, 0.15) is 5.82 Å². The lowest BCUT2D eigenvalue weighted by atomic mass is 10.2. The lowest BCUT2D eigenvalue weighted by Crippen LogP contribution is -2.20. The van der Waals surface area contributed by atoms with Gasteiger partial charge in [-0.3, -0.25) is 5.32 Å². The van der Waals surface area contributed by atoms with Crippen molar-refractivity contribution in [2.75, 3.05) is 10.6 Å². The van der Waals surface area contributed by atoms with Crippen molar-refractivity contribution in [2.24, 2.45) is 0 Å². The number of carbonyl (C=O) groups excluding carboxylic acids is 1. The lowest BCUT2D eigenvalue weighted by Gasteiger charge is -2.08. The molecule has 0 bridgehead atoms. The summed E-state index contributed by atoms with van der Waals surface area (Å²) in [6.45, 7) is 1.85. The summed E-state index contributed by atoms with van der Waals surface area (Å²) in [5.41, 5.74) is 1.47. The zero-order valence-corrected chi connectivity index (χ0v) is 11.8. The molecule has 0 aliphatic carbocycles. The molecule has 0 spiro atoms. The molecular weight excluding hydrogens is 294 g/mol. The van der Waals surface area contributed by atoms with Gasteiger partial charge in [-0.1, -0.05) is 17.7 Å². The van der Waals surface area contributed by atoms with Gasteiger partial charge in [0.2, 0.25) is 0 Å². The number of aromatic nitrogens is 1. The highest BCUT2D eigenvalue weighted by Crippen LogP contribution is 2.20. The second-order valence-electron chi connectivity index (χ2n) is 4.28. The van der Waals surface area contributed by atoms with Crippen LogP contribution in [-0.4, -0.2) is 22.1 Å². The van der Waals surface area contributed by atoms with Crippen LogP contribution in [0.1, 0.15) is 15.9 Å². The summed E-state index contributed by atoms with van der Waals surface area (Å²) in [6.07, 6.45) is 1.31. The molecule has 0 radical (unpaired) electrons. The third-order valence-corrected chi connectivity index (χ3v) is 3.09. The molecule has 1 aromatic carbocycles. The molecule has 0 saturated heterocycles. The maximum Gasteiger partial charge on any atom is 0.335 e. The predicted octanol–water partition coefficient (Wildman–Crippen LogP) is 3.39. The quantitative estimate of drug-likeness (QED) is 0.810. The molecule has 108 valence electrons. The minimum atomic E-state index is -1.09. The molecule has 2 aromatic rings. The van der Waals surface area contributed by atoms with Gasteiger partial charge in [-0.25, -0.2) is 14.6 Å². The molecule has 21 heavy (non-hydrogen) atoms. The Labute approximate surface area is 125 Å². The number of hydrogen-bond acceptors (Lipinski definition) is 3. The van der Waals surface area contributed by atoms with Crippen molar-refractivity contribution in [1.82, 2.24) is 4.98 Å². The Morgan fingerprint density at radius 2 is 1.95 bits per heavy atom. The number of carboxylic acids is 1. The fourth-order valence-electron chi connectivity index (χ4n) is 1.58. The van der Waals surface area contributed by atoms with Crippen molar-refractivity contribution in [3.63, 3.8) is 0 Å². The van der Waals surface area contributed by atoms with E-state index in [1.165, 1.54) is 18.3 Å². The zero-order valence-electron chi connectivity index (χ0n) is 11.1. The maximum absolute atomic E-state index is 11.8. The van der Waals surface area contributed by atoms with E-state index in [0.717, 1.165) is 5.56 Å². The van der Waals surface area contributed by atoms with E-state index in [-0.39, 0.29) is 11.4 Å². The van der Waals surface area contributed by atoms with Crippen LogP contribution < -0.4 is 10.6 Å². The van der Waals surface area contributed by atoms with Crippen LogP contribution in [-0.2, 0) is 0 Å². The Bertz CT molecular complexity index is 704. The average Bonchev–Trinajstić information content (AvgIpc) is 2.43. The number of carboxylic acid groups (broad SMARTS) is 1. The zero-order chi connectivity index (χ0) is 15.4. The van der Waals surface area contributed by atoms with Crippen LogP contribution >= 0.6 is 11.6 Å². The van der Waals surface area contributed by atoms with Gasteiger partial charge in [0.15, 0.2) is 0 Å². The number of benzene rings is 1. The molecule has 0 atom stereocenters. The molecule has 0 saturated carbocycles. The van der Waals surface area contributed by atoms with Gasteiger partial charge >= 0.3 is 12.0 Å². The Kier molecular flexibility index (Phi) is 4.39. The fourth-order valence-corrected chi connectivity index (χ4v) is 1.76. The number of amides is 2. The van der Waals surface area contributed by atoms with Crippen molar-refractivity contribution in [1.29, 1.82) is 0 Å². The van der Waals surface area contributed by atoms with Gasteiger partial charge in [-0.2, -0.15) is 0 Å². The van der Waals surface area contributed by atoms with Gasteiger partial charge < -0.3 is 10.4 Å². The van der Waals surface area contributed by atoms with Gasteiger partial charge in [0.25, 0.3) is 0 Å². The van der Waals surface area contributed by atoms with Crippen LogP contribution in [0.3, 0.4) is 0 Å². The fraction of sp³-hybridized carbons (Fsp3) is 0.0714. The molecule has 0 unspecified atom stereocenters. The summed E-state index contributed by atoms with van der Waals surface area (Å²) in [6, 6.07) is 7.18. The van der Waals surface area contributed by atoms with Gasteiger partial charge in [0, 0.05) is 16.9 Å². The van der Waals surface area contributed by atoms with Crippen molar-refractivity contribution >= 4 is 35.1 Å². The molecule has 1 aromatic heterocycles. The summed E-state index contributed by atoms with van der Waals surface area (Å²) in [4.78, 5) is 26.5. The minimum absolute atomic E-state index is 0.0404. The molecule has 2 amide bonds. The lowest BCUT2D eigenvalue weighted by molar-refractivity contribution is 0.0696. The summed E-state index contributed by atoms with van der Waals surface area (Å²) in [5.74, 6) is -0.947. The highest BCUT2D eigenvalue weighted by atomic mass is 35.5. The number of pyridine rings is 1. The molecule has 0 aliphatic heterocycles. The van der Waals surface area contributed by atoms with Crippen molar-refractivity contribution in [3.8, 4) is 0 Å². The third-order valence-electron chi connectivity index (χ3n) is 2.68. The number of anilines is 2. The van der Waals surface area contributed by atoms with E-state index in [1.54, 1.807) is 18.2 Å². The van der Waals surface area contributed by atoms with Crippen LogP contribution in [0.25, 0.3) is 0 Å². The molecule has 0 aliphatic rings. The molecule has 7 heteroatoms. The topological polar surface area (TPSA) is 91.3 Å². The summed E-state index contributed by atoms with van der Waals surface area (Å²) < 4.78 is 0. The van der Waals surface area contributed by atoms with E-state index < -0.39 is 12.0 Å². The maximum atomic E-state index is 11.8. The van der Waals surface area contributed by atoms with Crippen LogP contribution in [0.4, 0.5) is 16.3 Å². The van der Waals surface area contributed by atoms with Crippen molar-refractivity contribution in [2.45, 2.75) is 6.92 Å². The van der Waals surface area contributed by atoms with Crippen LogP contribution in [0.2, 0.25) is 5.02 Å². The molecule has 3 N–H and O–H groups in total. The number of hydrogen-bond donors (Lipinski definition) is 3. The largest absolute Gasteiger partial charge is 0.478 e. The number of rotatable bonds is 3. The molecule has 2 rings (SSSR count). The number of nitrogens with zero attached hydrogens (tertiary/aromatic N) is 1. The second-order valence-corrected chi connectivity index (χ2v) is 4.69. The summed E-state index contributed by atoms with van der Waals surface area (Å²) in [7, 11) is 0. The van der Waals surface area contributed by atoms with Gasteiger partial charge in [-0.15, -0.1) is 0 Å². The molecular formula is C14H12ClN3O3. The van der Waals surface area contributed by atoms with Crippen molar-refractivity contribution in [3.05, 3.63) is 52.7 Å². The first-order valence-electron chi connectivity index (χ1n) is 5.99. The van der Waals surface area contributed by atoms with E-state index >= 15 is 0 Å². The third kappa shape index (κ3) is 3.93. The Morgan fingerprint density at radius 3 is 2.62 bits per heavy atom. The SMILES string of the molecule is Cc1ccc(NC(=O)Nc2cc(C(=O)O)ccn2)cc1Cl. The van der Waals surface area contributed by atoms with E-state index in [1.807, 2.05) is 6.92 Å². The number of aryl methyl sites for hydroxylation is 1. The van der Waals surface area contributed by atoms with E-state index in [0.29, 0.717) is 10.7 Å². The van der Waals surface area contributed by atoms with Crippen LogP contribution in [0, 0.1) is 6.92 Å². The Morgan fingerprint density at radius 1 is 1.19 bits per heavy atom. The number of aromatic carboxylic acids is 1. The Balaban J connectivity index is 2.06. The summed E-state index contributed by atoms with van der Waals surface area (Å²) in [5, 5.41) is 14.4.